The normalized spacial score (nSPS) is 13.8. The number of benzene rings is 1. The summed E-state index contributed by atoms with van der Waals surface area (Å²) in [6, 6.07) is 13.1. The second kappa shape index (κ2) is 7.06. The van der Waals surface area contributed by atoms with Crippen molar-refractivity contribution < 1.29 is 14.3 Å². The number of carbonyl (C=O) groups is 2. The molecular formula is C16H13BrN2O3S. The molecule has 2 aromatic rings. The fourth-order valence-electron chi connectivity index (χ4n) is 2.17. The second-order valence-electron chi connectivity index (χ2n) is 4.86. The zero-order valence-electron chi connectivity index (χ0n) is 12.1. The van der Waals surface area contributed by atoms with Crippen molar-refractivity contribution in [1.29, 1.82) is 0 Å². The molecule has 0 saturated carbocycles. The van der Waals surface area contributed by atoms with Crippen molar-refractivity contribution in [2.45, 2.75) is 6.42 Å². The molecule has 7 heteroatoms. The van der Waals surface area contributed by atoms with Gasteiger partial charge in [0, 0.05) is 6.42 Å². The van der Waals surface area contributed by atoms with E-state index in [0.717, 1.165) is 15.1 Å². The maximum atomic E-state index is 12.1. The van der Waals surface area contributed by atoms with Crippen LogP contribution in [0.1, 0.15) is 21.7 Å². The molecule has 3 rings (SSSR count). The molecule has 0 aliphatic carbocycles. The molecule has 1 amide bonds. The van der Waals surface area contributed by atoms with Crippen molar-refractivity contribution >= 4 is 44.9 Å². The van der Waals surface area contributed by atoms with Crippen LogP contribution in [0, 0.1) is 0 Å². The highest BCUT2D eigenvalue weighted by atomic mass is 79.9. The monoisotopic (exact) mass is 392 g/mol. The van der Waals surface area contributed by atoms with Crippen LogP contribution in [-0.4, -0.2) is 35.7 Å². The van der Waals surface area contributed by atoms with Crippen molar-refractivity contribution in [2.24, 2.45) is 5.10 Å². The maximum Gasteiger partial charge on any atom is 0.348 e. The van der Waals surface area contributed by atoms with Gasteiger partial charge in [-0.2, -0.15) is 5.10 Å². The number of rotatable bonds is 4. The zero-order valence-corrected chi connectivity index (χ0v) is 14.5. The van der Waals surface area contributed by atoms with Crippen molar-refractivity contribution in [3.8, 4) is 0 Å². The first kappa shape index (κ1) is 15.9. The molecular weight excluding hydrogens is 380 g/mol. The SMILES string of the molecule is O=C(OCC(=O)N1CCC(c2ccccc2)=N1)c1ccc(Br)s1. The Bertz CT molecular complexity index is 758. The van der Waals surface area contributed by atoms with Gasteiger partial charge >= 0.3 is 5.97 Å². The Morgan fingerprint density at radius 1 is 1.22 bits per heavy atom. The van der Waals surface area contributed by atoms with Gasteiger partial charge in [-0.3, -0.25) is 4.79 Å². The summed E-state index contributed by atoms with van der Waals surface area (Å²) in [5.41, 5.74) is 1.87. The van der Waals surface area contributed by atoms with Crippen molar-refractivity contribution in [2.75, 3.05) is 13.2 Å². The number of halogens is 1. The summed E-state index contributed by atoms with van der Waals surface area (Å²) < 4.78 is 5.89. The number of amides is 1. The minimum atomic E-state index is -0.500. The summed E-state index contributed by atoms with van der Waals surface area (Å²) in [5, 5.41) is 5.68. The van der Waals surface area contributed by atoms with Crippen molar-refractivity contribution in [3.05, 3.63) is 56.7 Å². The molecule has 0 N–H and O–H groups in total. The van der Waals surface area contributed by atoms with Gasteiger partial charge in [-0.1, -0.05) is 30.3 Å². The molecule has 23 heavy (non-hydrogen) atoms. The molecule has 1 aromatic heterocycles. The molecule has 0 fully saturated rings. The lowest BCUT2D eigenvalue weighted by molar-refractivity contribution is -0.134. The van der Waals surface area contributed by atoms with Crippen molar-refractivity contribution in [1.82, 2.24) is 5.01 Å². The molecule has 1 aliphatic rings. The summed E-state index contributed by atoms with van der Waals surface area (Å²) in [6.45, 7) is 0.199. The van der Waals surface area contributed by atoms with E-state index in [1.165, 1.54) is 16.3 Å². The van der Waals surface area contributed by atoms with E-state index in [2.05, 4.69) is 21.0 Å². The minimum Gasteiger partial charge on any atom is -0.451 e. The molecule has 118 valence electrons. The lowest BCUT2D eigenvalue weighted by Gasteiger charge is -2.11. The number of nitrogens with zero attached hydrogens (tertiary/aromatic N) is 2. The molecule has 0 atom stereocenters. The molecule has 0 bridgehead atoms. The number of hydrogen-bond acceptors (Lipinski definition) is 5. The number of thiophene rings is 1. The predicted octanol–water partition coefficient (Wildman–Crippen LogP) is 3.30. The Morgan fingerprint density at radius 2 is 2.00 bits per heavy atom. The first-order valence-electron chi connectivity index (χ1n) is 6.99. The third-order valence-corrected chi connectivity index (χ3v) is 4.90. The third kappa shape index (κ3) is 3.86. The highest BCUT2D eigenvalue weighted by molar-refractivity contribution is 9.11. The second-order valence-corrected chi connectivity index (χ2v) is 7.32. The first-order chi connectivity index (χ1) is 11.1. The number of ether oxygens (including phenoxy) is 1. The summed E-state index contributed by atoms with van der Waals surface area (Å²) in [4.78, 5) is 24.4. The lowest BCUT2D eigenvalue weighted by atomic mass is 10.1. The van der Waals surface area contributed by atoms with Gasteiger partial charge in [0.2, 0.25) is 0 Å². The van der Waals surface area contributed by atoms with Gasteiger partial charge in [-0.05, 0) is 33.6 Å². The predicted molar refractivity (Wildman–Crippen MR) is 91.6 cm³/mol. The summed E-state index contributed by atoms with van der Waals surface area (Å²) >= 11 is 4.55. The van der Waals surface area contributed by atoms with E-state index in [0.29, 0.717) is 17.8 Å². The maximum absolute atomic E-state index is 12.1. The van der Waals surface area contributed by atoms with Crippen LogP contribution in [0.15, 0.2) is 51.4 Å². The van der Waals surface area contributed by atoms with E-state index in [-0.39, 0.29) is 12.5 Å². The van der Waals surface area contributed by atoms with Crippen LogP contribution >= 0.6 is 27.3 Å². The van der Waals surface area contributed by atoms with Gasteiger partial charge in [0.05, 0.1) is 16.0 Å². The topological polar surface area (TPSA) is 59.0 Å². The number of carbonyl (C=O) groups excluding carboxylic acids is 2. The van der Waals surface area contributed by atoms with Gasteiger partial charge in [0.25, 0.3) is 5.91 Å². The average molecular weight is 393 g/mol. The van der Waals surface area contributed by atoms with E-state index in [4.69, 9.17) is 4.74 Å². The Kier molecular flexibility index (Phi) is 4.88. The van der Waals surface area contributed by atoms with E-state index >= 15 is 0 Å². The number of hydrazone groups is 1. The van der Waals surface area contributed by atoms with E-state index in [9.17, 15) is 9.59 Å². The van der Waals surface area contributed by atoms with Crippen molar-refractivity contribution in [3.63, 3.8) is 0 Å². The Hall–Kier alpha value is -1.99. The minimum absolute atomic E-state index is 0.306. The van der Waals surface area contributed by atoms with E-state index < -0.39 is 5.97 Å². The lowest BCUT2D eigenvalue weighted by Crippen LogP contribution is -2.28. The molecule has 0 unspecified atom stereocenters. The van der Waals surface area contributed by atoms with Crippen LogP contribution in [0.5, 0.6) is 0 Å². The summed E-state index contributed by atoms with van der Waals surface area (Å²) in [6.07, 6.45) is 0.696. The molecule has 0 saturated heterocycles. The smallest absolute Gasteiger partial charge is 0.348 e. The Labute approximate surface area is 145 Å². The van der Waals surface area contributed by atoms with Crippen LogP contribution in [0.25, 0.3) is 0 Å². The number of hydrogen-bond donors (Lipinski definition) is 0. The molecule has 1 aliphatic heterocycles. The third-order valence-electron chi connectivity index (χ3n) is 3.30. The molecule has 2 heterocycles. The Balaban J connectivity index is 1.57. The summed E-state index contributed by atoms with van der Waals surface area (Å²) in [5.74, 6) is -0.819. The first-order valence-corrected chi connectivity index (χ1v) is 8.60. The largest absolute Gasteiger partial charge is 0.451 e. The zero-order chi connectivity index (χ0) is 16.2. The van der Waals surface area contributed by atoms with Gasteiger partial charge in [-0.25, -0.2) is 9.80 Å². The van der Waals surface area contributed by atoms with E-state index in [1.54, 1.807) is 12.1 Å². The standard InChI is InChI=1S/C16H13BrN2O3S/c17-14-7-6-13(23-14)16(21)22-10-15(20)19-9-8-12(18-19)11-4-2-1-3-5-11/h1-7H,8-10H2. The molecule has 5 nitrogen and oxygen atoms in total. The van der Waals surface area contributed by atoms with Crippen LogP contribution < -0.4 is 0 Å². The molecule has 0 radical (unpaired) electrons. The number of esters is 1. The highest BCUT2D eigenvalue weighted by Crippen LogP contribution is 2.22. The quantitative estimate of drug-likeness (QED) is 0.749. The molecule has 1 aromatic carbocycles. The van der Waals surface area contributed by atoms with Gasteiger partial charge in [0.15, 0.2) is 6.61 Å². The van der Waals surface area contributed by atoms with Crippen LogP contribution in [0.3, 0.4) is 0 Å². The fraction of sp³-hybridized carbons (Fsp3) is 0.188. The highest BCUT2D eigenvalue weighted by Gasteiger charge is 2.23. The van der Waals surface area contributed by atoms with Crippen LogP contribution in [0.4, 0.5) is 0 Å². The fourth-order valence-corrected chi connectivity index (χ4v) is 3.45. The van der Waals surface area contributed by atoms with Gasteiger partial charge in [-0.15, -0.1) is 11.3 Å². The summed E-state index contributed by atoms with van der Waals surface area (Å²) in [7, 11) is 0. The molecule has 0 spiro atoms. The van der Waals surface area contributed by atoms with Gasteiger partial charge in [0.1, 0.15) is 4.88 Å². The average Bonchev–Trinajstić information content (AvgIpc) is 3.22. The van der Waals surface area contributed by atoms with Gasteiger partial charge < -0.3 is 4.74 Å². The van der Waals surface area contributed by atoms with Crippen LogP contribution in [0.2, 0.25) is 0 Å². The van der Waals surface area contributed by atoms with E-state index in [1.807, 2.05) is 30.3 Å². The van der Waals surface area contributed by atoms with Crippen LogP contribution in [-0.2, 0) is 9.53 Å². The Morgan fingerprint density at radius 3 is 2.70 bits per heavy atom.